The second kappa shape index (κ2) is 5.78. The number of rotatable bonds is 4. The van der Waals surface area contributed by atoms with E-state index in [2.05, 4.69) is 0 Å². The molecule has 1 aromatic carbocycles. The van der Waals surface area contributed by atoms with Gasteiger partial charge in [0, 0.05) is 25.0 Å². The van der Waals surface area contributed by atoms with Gasteiger partial charge in [-0.25, -0.2) is 4.39 Å². The van der Waals surface area contributed by atoms with Gasteiger partial charge in [-0.1, -0.05) is 0 Å². The Morgan fingerprint density at radius 1 is 1.53 bits per heavy atom. The molecule has 0 atom stereocenters. The van der Waals surface area contributed by atoms with E-state index >= 15 is 0 Å². The van der Waals surface area contributed by atoms with Crippen molar-refractivity contribution in [1.82, 2.24) is 4.90 Å². The first-order valence-electron chi connectivity index (χ1n) is 6.24. The molecular formula is C14H17ClFNO2. The summed E-state index contributed by atoms with van der Waals surface area (Å²) in [7, 11) is 3.15. The molecule has 1 saturated carbocycles. The minimum Gasteiger partial charge on any atom is -0.497 e. The third-order valence-corrected chi connectivity index (χ3v) is 3.82. The first-order chi connectivity index (χ1) is 9.01. The minimum atomic E-state index is -0.556. The van der Waals surface area contributed by atoms with Crippen molar-refractivity contribution >= 4 is 17.5 Å². The predicted octanol–water partition coefficient (Wildman–Crippen LogP) is 2.92. The van der Waals surface area contributed by atoms with Gasteiger partial charge in [-0.05, 0) is 30.9 Å². The molecule has 0 radical (unpaired) electrons. The van der Waals surface area contributed by atoms with Gasteiger partial charge in [-0.15, -0.1) is 11.6 Å². The number of alkyl halides is 1. The fraction of sp³-hybridized carbons (Fsp3) is 0.500. The highest BCUT2D eigenvalue weighted by molar-refractivity contribution is 6.21. The molecule has 0 N–H and O–H groups in total. The third kappa shape index (κ3) is 3.18. The lowest BCUT2D eigenvalue weighted by atomic mass is 9.84. The van der Waals surface area contributed by atoms with E-state index in [9.17, 15) is 9.18 Å². The Balaban J connectivity index is 2.02. The summed E-state index contributed by atoms with van der Waals surface area (Å²) in [6.45, 7) is 0.619. The molecule has 1 fully saturated rings. The molecule has 1 amide bonds. The lowest BCUT2D eigenvalue weighted by Gasteiger charge is -2.34. The van der Waals surface area contributed by atoms with Crippen LogP contribution in [0.2, 0.25) is 0 Å². The Kier molecular flexibility index (Phi) is 4.30. The second-order valence-electron chi connectivity index (χ2n) is 4.97. The Morgan fingerprint density at radius 2 is 2.21 bits per heavy atom. The Bertz CT molecular complexity index is 475. The minimum absolute atomic E-state index is 0.0741. The normalized spacial score (nSPS) is 21.7. The van der Waals surface area contributed by atoms with Crippen LogP contribution in [0.4, 0.5) is 4.39 Å². The summed E-state index contributed by atoms with van der Waals surface area (Å²) in [5, 5.41) is 0.228. The number of hydrogen-bond acceptors (Lipinski definition) is 2. The molecule has 1 aliphatic carbocycles. The molecule has 0 aromatic heterocycles. The van der Waals surface area contributed by atoms with Gasteiger partial charge in [-0.2, -0.15) is 0 Å². The van der Waals surface area contributed by atoms with Crippen LogP contribution in [0.25, 0.3) is 0 Å². The summed E-state index contributed by atoms with van der Waals surface area (Å²) >= 11 is 5.91. The maximum atomic E-state index is 13.8. The molecule has 1 aromatic rings. The highest BCUT2D eigenvalue weighted by Crippen LogP contribution is 2.32. The lowest BCUT2D eigenvalue weighted by Crippen LogP contribution is -2.38. The second-order valence-corrected chi connectivity index (χ2v) is 5.58. The molecule has 0 heterocycles. The molecule has 2 rings (SSSR count). The van der Waals surface area contributed by atoms with Crippen molar-refractivity contribution < 1.29 is 13.9 Å². The van der Waals surface area contributed by atoms with Crippen molar-refractivity contribution in [2.45, 2.75) is 18.2 Å². The van der Waals surface area contributed by atoms with Gasteiger partial charge in [0.2, 0.25) is 0 Å². The summed E-state index contributed by atoms with van der Waals surface area (Å²) < 4.78 is 18.7. The van der Waals surface area contributed by atoms with Gasteiger partial charge in [0.1, 0.15) is 11.6 Å². The lowest BCUT2D eigenvalue weighted by molar-refractivity contribution is 0.0742. The maximum absolute atomic E-state index is 13.8. The molecule has 0 saturated heterocycles. The highest BCUT2D eigenvalue weighted by atomic mass is 35.5. The van der Waals surface area contributed by atoms with E-state index < -0.39 is 5.82 Å². The summed E-state index contributed by atoms with van der Waals surface area (Å²) in [4.78, 5) is 13.7. The SMILES string of the molecule is COc1ccc(C(=O)N(C)CC2CC(Cl)C2)c(F)c1. The zero-order chi connectivity index (χ0) is 14.0. The molecule has 3 nitrogen and oxygen atoms in total. The number of methoxy groups -OCH3 is 1. The number of benzene rings is 1. The van der Waals surface area contributed by atoms with Crippen LogP contribution in [0.15, 0.2) is 18.2 Å². The van der Waals surface area contributed by atoms with Crippen molar-refractivity contribution in [1.29, 1.82) is 0 Å². The van der Waals surface area contributed by atoms with Crippen LogP contribution in [0.1, 0.15) is 23.2 Å². The van der Waals surface area contributed by atoms with E-state index in [-0.39, 0.29) is 16.8 Å². The van der Waals surface area contributed by atoms with E-state index in [1.54, 1.807) is 18.0 Å². The van der Waals surface area contributed by atoms with Crippen LogP contribution in [-0.2, 0) is 0 Å². The number of nitrogens with zero attached hydrogens (tertiary/aromatic N) is 1. The van der Waals surface area contributed by atoms with E-state index in [1.807, 2.05) is 0 Å². The number of ether oxygens (including phenoxy) is 1. The Hall–Kier alpha value is -1.29. The number of amides is 1. The van der Waals surface area contributed by atoms with Crippen LogP contribution in [0.5, 0.6) is 5.75 Å². The third-order valence-electron chi connectivity index (χ3n) is 3.46. The topological polar surface area (TPSA) is 29.5 Å². The zero-order valence-electron chi connectivity index (χ0n) is 11.0. The van der Waals surface area contributed by atoms with Crippen molar-refractivity contribution in [2.75, 3.05) is 20.7 Å². The van der Waals surface area contributed by atoms with Crippen molar-refractivity contribution in [2.24, 2.45) is 5.92 Å². The van der Waals surface area contributed by atoms with E-state index in [4.69, 9.17) is 16.3 Å². The average molecular weight is 286 g/mol. The van der Waals surface area contributed by atoms with Gasteiger partial charge in [-0.3, -0.25) is 4.79 Å². The van der Waals surface area contributed by atoms with Crippen LogP contribution in [0.3, 0.4) is 0 Å². The molecule has 104 valence electrons. The fourth-order valence-electron chi connectivity index (χ4n) is 2.28. The van der Waals surface area contributed by atoms with Gasteiger partial charge in [0.05, 0.1) is 12.7 Å². The van der Waals surface area contributed by atoms with E-state index in [0.717, 1.165) is 12.8 Å². The Labute approximate surface area is 117 Å². The standard InChI is InChI=1S/C14H17ClFNO2/c1-17(8-9-5-10(15)6-9)14(18)12-4-3-11(19-2)7-13(12)16/h3-4,7,9-10H,5-6,8H2,1-2H3. The fourth-order valence-corrected chi connectivity index (χ4v) is 2.78. The molecule has 19 heavy (non-hydrogen) atoms. The molecule has 0 unspecified atom stereocenters. The van der Waals surface area contributed by atoms with Crippen molar-refractivity contribution in [3.8, 4) is 5.75 Å². The van der Waals surface area contributed by atoms with Gasteiger partial charge < -0.3 is 9.64 Å². The van der Waals surface area contributed by atoms with E-state index in [0.29, 0.717) is 18.2 Å². The quantitative estimate of drug-likeness (QED) is 0.796. The first-order valence-corrected chi connectivity index (χ1v) is 6.68. The van der Waals surface area contributed by atoms with Crippen LogP contribution >= 0.6 is 11.6 Å². The summed E-state index contributed by atoms with van der Waals surface area (Å²) in [5.41, 5.74) is 0.0741. The molecule has 0 aliphatic heterocycles. The first kappa shape index (κ1) is 14.1. The number of hydrogen-bond donors (Lipinski definition) is 0. The summed E-state index contributed by atoms with van der Waals surface area (Å²) in [6, 6.07) is 4.26. The maximum Gasteiger partial charge on any atom is 0.256 e. The number of halogens is 2. The number of carbonyl (C=O) groups excluding carboxylic acids is 1. The summed E-state index contributed by atoms with van der Waals surface area (Å²) in [6.07, 6.45) is 1.84. The molecule has 1 aliphatic rings. The van der Waals surface area contributed by atoms with Crippen LogP contribution < -0.4 is 4.74 Å². The monoisotopic (exact) mass is 285 g/mol. The molecule has 5 heteroatoms. The van der Waals surface area contributed by atoms with Crippen molar-refractivity contribution in [3.05, 3.63) is 29.6 Å². The average Bonchev–Trinajstić information content (AvgIpc) is 2.35. The van der Waals surface area contributed by atoms with Gasteiger partial charge >= 0.3 is 0 Å². The molecule has 0 bridgehead atoms. The van der Waals surface area contributed by atoms with Crippen LogP contribution in [-0.4, -0.2) is 36.9 Å². The summed E-state index contributed by atoms with van der Waals surface area (Å²) in [5.74, 6) is -0.0309. The zero-order valence-corrected chi connectivity index (χ0v) is 11.8. The predicted molar refractivity (Wildman–Crippen MR) is 72.3 cm³/mol. The Morgan fingerprint density at radius 3 is 2.74 bits per heavy atom. The smallest absolute Gasteiger partial charge is 0.256 e. The van der Waals surface area contributed by atoms with E-state index in [1.165, 1.54) is 19.2 Å². The van der Waals surface area contributed by atoms with Gasteiger partial charge in [0.15, 0.2) is 0 Å². The highest BCUT2D eigenvalue weighted by Gasteiger charge is 2.29. The van der Waals surface area contributed by atoms with Gasteiger partial charge in [0.25, 0.3) is 5.91 Å². The molecular weight excluding hydrogens is 269 g/mol. The van der Waals surface area contributed by atoms with Crippen LogP contribution in [0, 0.1) is 11.7 Å². The number of carbonyl (C=O) groups is 1. The van der Waals surface area contributed by atoms with Crippen molar-refractivity contribution in [3.63, 3.8) is 0 Å². The largest absolute Gasteiger partial charge is 0.497 e. The molecule has 0 spiro atoms.